The molecule has 3 nitrogen and oxygen atoms in total. The average Bonchev–Trinajstić information content (AvgIpc) is 1.96. The molecule has 3 heteroatoms. The van der Waals surface area contributed by atoms with E-state index < -0.39 is 0 Å². The molecule has 90 valence electrons. The van der Waals surface area contributed by atoms with Gasteiger partial charge in [0.05, 0.1) is 5.57 Å². The van der Waals surface area contributed by atoms with Gasteiger partial charge in [0.2, 0.25) is 0 Å². The molecule has 0 unspecified atom stereocenters. The van der Waals surface area contributed by atoms with Crippen LogP contribution in [0.3, 0.4) is 0 Å². The van der Waals surface area contributed by atoms with Crippen molar-refractivity contribution in [3.05, 3.63) is 11.3 Å². The molecular weight excluding hydrogens is 202 g/mol. The summed E-state index contributed by atoms with van der Waals surface area (Å²) < 4.78 is 0. The fourth-order valence-corrected chi connectivity index (χ4v) is 2.16. The summed E-state index contributed by atoms with van der Waals surface area (Å²) in [4.78, 5) is 23.8. The predicted octanol–water partition coefficient (Wildman–Crippen LogP) is 2.20. The normalized spacial score (nSPS) is 20.4. The smallest absolute Gasteiger partial charge is 0.168 e. The Hall–Kier alpha value is -1.12. The highest BCUT2D eigenvalue weighted by molar-refractivity contribution is 6.22. The van der Waals surface area contributed by atoms with Crippen LogP contribution in [-0.2, 0) is 9.59 Å². The zero-order valence-corrected chi connectivity index (χ0v) is 10.6. The third-order valence-electron chi connectivity index (χ3n) is 2.79. The number of hydrogen-bond acceptors (Lipinski definition) is 3. The van der Waals surface area contributed by atoms with Gasteiger partial charge in [0.1, 0.15) is 0 Å². The van der Waals surface area contributed by atoms with Gasteiger partial charge in [-0.25, -0.2) is 0 Å². The second-order valence-corrected chi connectivity index (χ2v) is 5.86. The second-order valence-electron chi connectivity index (χ2n) is 5.86. The minimum Gasteiger partial charge on any atom is -0.401 e. The van der Waals surface area contributed by atoms with Gasteiger partial charge in [-0.15, -0.1) is 0 Å². The highest BCUT2D eigenvalue weighted by Crippen LogP contribution is 2.34. The van der Waals surface area contributed by atoms with Crippen molar-refractivity contribution in [2.45, 2.75) is 47.0 Å². The minimum absolute atomic E-state index is 0.0839. The van der Waals surface area contributed by atoms with Crippen molar-refractivity contribution < 1.29 is 9.59 Å². The monoisotopic (exact) mass is 223 g/mol. The number of rotatable bonds is 2. The predicted molar refractivity (Wildman–Crippen MR) is 63.7 cm³/mol. The first-order valence-electron chi connectivity index (χ1n) is 5.78. The third kappa shape index (κ3) is 2.94. The SMILES string of the molecule is CC(C)CC(N)=C1C(=O)CC(C)(C)CC1=O. The van der Waals surface area contributed by atoms with Crippen molar-refractivity contribution in [3.63, 3.8) is 0 Å². The number of ketones is 2. The van der Waals surface area contributed by atoms with Crippen molar-refractivity contribution in [1.29, 1.82) is 0 Å². The lowest BCUT2D eigenvalue weighted by atomic mass is 9.73. The Balaban J connectivity index is 2.98. The highest BCUT2D eigenvalue weighted by Gasteiger charge is 2.36. The Bertz CT molecular complexity index is 329. The fourth-order valence-electron chi connectivity index (χ4n) is 2.16. The molecule has 1 aliphatic rings. The van der Waals surface area contributed by atoms with Crippen LogP contribution in [0, 0.1) is 11.3 Å². The summed E-state index contributed by atoms with van der Waals surface area (Å²) in [7, 11) is 0. The van der Waals surface area contributed by atoms with Crippen LogP contribution < -0.4 is 5.73 Å². The van der Waals surface area contributed by atoms with E-state index >= 15 is 0 Å². The van der Waals surface area contributed by atoms with Gasteiger partial charge in [0.15, 0.2) is 11.6 Å². The topological polar surface area (TPSA) is 60.2 Å². The Morgan fingerprint density at radius 3 is 2.06 bits per heavy atom. The number of carbonyl (C=O) groups excluding carboxylic acids is 2. The molecule has 0 bridgehead atoms. The molecule has 0 atom stereocenters. The third-order valence-corrected chi connectivity index (χ3v) is 2.79. The molecule has 0 saturated heterocycles. The van der Waals surface area contributed by atoms with E-state index in [1.165, 1.54) is 0 Å². The maximum atomic E-state index is 11.9. The van der Waals surface area contributed by atoms with Gasteiger partial charge in [0.25, 0.3) is 0 Å². The van der Waals surface area contributed by atoms with E-state index in [1.54, 1.807) is 0 Å². The Morgan fingerprint density at radius 2 is 1.69 bits per heavy atom. The van der Waals surface area contributed by atoms with Crippen LogP contribution in [0.1, 0.15) is 47.0 Å². The minimum atomic E-state index is -0.213. The van der Waals surface area contributed by atoms with Gasteiger partial charge in [-0.2, -0.15) is 0 Å². The molecule has 1 rings (SSSR count). The lowest BCUT2D eigenvalue weighted by Crippen LogP contribution is -2.33. The number of carbonyl (C=O) groups is 2. The number of Topliss-reactive ketones (excluding diaryl/α,β-unsaturated/α-hetero) is 2. The van der Waals surface area contributed by atoms with Crippen LogP contribution >= 0.6 is 0 Å². The molecule has 0 aromatic rings. The summed E-state index contributed by atoms with van der Waals surface area (Å²) in [5, 5.41) is 0. The van der Waals surface area contributed by atoms with Crippen LogP contribution in [0.4, 0.5) is 0 Å². The van der Waals surface area contributed by atoms with Crippen molar-refractivity contribution in [2.24, 2.45) is 17.1 Å². The van der Waals surface area contributed by atoms with Gasteiger partial charge in [-0.1, -0.05) is 27.7 Å². The van der Waals surface area contributed by atoms with Crippen LogP contribution in [0.15, 0.2) is 11.3 Å². The summed E-state index contributed by atoms with van der Waals surface area (Å²) in [5.74, 6) is 0.196. The van der Waals surface area contributed by atoms with E-state index in [0.29, 0.717) is 30.9 Å². The Kier molecular flexibility index (Phi) is 3.56. The van der Waals surface area contributed by atoms with Gasteiger partial charge >= 0.3 is 0 Å². The summed E-state index contributed by atoms with van der Waals surface area (Å²) >= 11 is 0. The molecule has 0 aromatic heterocycles. The molecule has 0 heterocycles. The fraction of sp³-hybridized carbons (Fsp3) is 0.692. The molecule has 2 N–H and O–H groups in total. The van der Waals surface area contributed by atoms with Gasteiger partial charge < -0.3 is 5.73 Å². The van der Waals surface area contributed by atoms with Crippen molar-refractivity contribution in [2.75, 3.05) is 0 Å². The van der Waals surface area contributed by atoms with E-state index in [9.17, 15) is 9.59 Å². The van der Waals surface area contributed by atoms with Crippen molar-refractivity contribution in [3.8, 4) is 0 Å². The lowest BCUT2D eigenvalue weighted by Gasteiger charge is -2.29. The molecule has 0 aliphatic heterocycles. The van der Waals surface area contributed by atoms with E-state index in [1.807, 2.05) is 27.7 Å². The largest absolute Gasteiger partial charge is 0.401 e. The molecule has 0 radical (unpaired) electrons. The zero-order chi connectivity index (χ0) is 12.5. The second kappa shape index (κ2) is 4.40. The zero-order valence-electron chi connectivity index (χ0n) is 10.6. The maximum absolute atomic E-state index is 11.9. The Labute approximate surface area is 97.1 Å². The van der Waals surface area contributed by atoms with Crippen LogP contribution in [0.25, 0.3) is 0 Å². The van der Waals surface area contributed by atoms with E-state index in [-0.39, 0.29) is 22.6 Å². The molecule has 1 saturated carbocycles. The van der Waals surface area contributed by atoms with Crippen molar-refractivity contribution >= 4 is 11.6 Å². The summed E-state index contributed by atoms with van der Waals surface area (Å²) in [6.07, 6.45) is 1.47. The first-order valence-corrected chi connectivity index (χ1v) is 5.78. The van der Waals surface area contributed by atoms with Crippen molar-refractivity contribution in [1.82, 2.24) is 0 Å². The van der Waals surface area contributed by atoms with Crippen LogP contribution in [0.2, 0.25) is 0 Å². The molecule has 1 aliphatic carbocycles. The maximum Gasteiger partial charge on any atom is 0.168 e. The molecule has 0 amide bonds. The average molecular weight is 223 g/mol. The first kappa shape index (κ1) is 12.9. The Morgan fingerprint density at radius 1 is 1.25 bits per heavy atom. The molecule has 16 heavy (non-hydrogen) atoms. The molecule has 0 aromatic carbocycles. The van der Waals surface area contributed by atoms with Gasteiger partial charge in [-0.3, -0.25) is 9.59 Å². The standard InChI is InChI=1S/C13H21NO2/c1-8(2)5-9(14)12-10(15)6-13(3,4)7-11(12)16/h8H,5-7,14H2,1-4H3. The first-order chi connectivity index (χ1) is 7.23. The van der Waals surface area contributed by atoms with Gasteiger partial charge in [0, 0.05) is 18.5 Å². The van der Waals surface area contributed by atoms with E-state index in [4.69, 9.17) is 5.73 Å². The number of hydrogen-bond donors (Lipinski definition) is 1. The number of nitrogens with two attached hydrogens (primary N) is 1. The summed E-state index contributed by atoms with van der Waals surface area (Å²) in [6.45, 7) is 7.93. The van der Waals surface area contributed by atoms with E-state index in [2.05, 4.69) is 0 Å². The van der Waals surface area contributed by atoms with E-state index in [0.717, 1.165) is 0 Å². The summed E-state index contributed by atoms with van der Waals surface area (Å²) in [6, 6.07) is 0. The molecule has 0 spiro atoms. The number of allylic oxidation sites excluding steroid dienone is 2. The van der Waals surface area contributed by atoms with Gasteiger partial charge in [-0.05, 0) is 17.8 Å². The quantitative estimate of drug-likeness (QED) is 0.576. The summed E-state index contributed by atoms with van der Waals surface area (Å²) in [5.41, 5.74) is 6.39. The van der Waals surface area contributed by atoms with Crippen LogP contribution in [0.5, 0.6) is 0 Å². The highest BCUT2D eigenvalue weighted by atomic mass is 16.2. The molecular formula is C13H21NO2. The van der Waals surface area contributed by atoms with Crippen LogP contribution in [-0.4, -0.2) is 11.6 Å². The lowest BCUT2D eigenvalue weighted by molar-refractivity contribution is -0.127. The molecule has 1 fully saturated rings.